The highest BCUT2D eigenvalue weighted by atomic mass is 19.1. The van der Waals surface area contributed by atoms with Gasteiger partial charge in [0.1, 0.15) is 5.82 Å². The molecular formula is C15H20FNO2. The molecule has 1 fully saturated rings. The van der Waals surface area contributed by atoms with Gasteiger partial charge in [-0.1, -0.05) is 13.8 Å². The van der Waals surface area contributed by atoms with E-state index in [2.05, 4.69) is 18.7 Å². The molecule has 0 radical (unpaired) electrons. The van der Waals surface area contributed by atoms with Crippen LogP contribution >= 0.6 is 0 Å². The van der Waals surface area contributed by atoms with Crippen molar-refractivity contribution in [1.82, 2.24) is 0 Å². The average Bonchev–Trinajstić information content (AvgIpc) is 3.14. The Labute approximate surface area is 113 Å². The first-order chi connectivity index (χ1) is 8.99. The summed E-state index contributed by atoms with van der Waals surface area (Å²) < 4.78 is 13.2. The average molecular weight is 265 g/mol. The molecule has 2 rings (SSSR count). The van der Waals surface area contributed by atoms with Gasteiger partial charge in [0.25, 0.3) is 0 Å². The first-order valence-corrected chi connectivity index (χ1v) is 6.78. The molecule has 0 spiro atoms. The summed E-state index contributed by atoms with van der Waals surface area (Å²) in [6.07, 6.45) is 3.19. The molecular weight excluding hydrogens is 245 g/mol. The van der Waals surface area contributed by atoms with E-state index in [-0.39, 0.29) is 5.56 Å². The first-order valence-electron chi connectivity index (χ1n) is 6.78. The van der Waals surface area contributed by atoms with Gasteiger partial charge in [0.15, 0.2) is 0 Å². The predicted octanol–water partition coefficient (Wildman–Crippen LogP) is 3.54. The molecule has 1 aliphatic rings. The number of hydrogen-bond acceptors (Lipinski definition) is 2. The molecule has 0 unspecified atom stereocenters. The third-order valence-electron chi connectivity index (χ3n) is 3.43. The highest BCUT2D eigenvalue weighted by Gasteiger charge is 2.31. The predicted molar refractivity (Wildman–Crippen MR) is 73.2 cm³/mol. The molecule has 3 nitrogen and oxygen atoms in total. The van der Waals surface area contributed by atoms with Crippen LogP contribution in [0.2, 0.25) is 0 Å². The minimum Gasteiger partial charge on any atom is -0.478 e. The van der Waals surface area contributed by atoms with Crippen molar-refractivity contribution < 1.29 is 14.3 Å². The Morgan fingerprint density at radius 3 is 2.68 bits per heavy atom. The molecule has 0 atom stereocenters. The zero-order valence-electron chi connectivity index (χ0n) is 11.4. The second kappa shape index (κ2) is 5.59. The summed E-state index contributed by atoms with van der Waals surface area (Å²) in [7, 11) is 0. The standard InChI is InChI=1S/C15H20FNO2/c1-10(2)7-8-17(12-4-5-12)14-6-3-11(16)9-13(14)15(18)19/h3,6,9-10,12H,4-5,7-8H2,1-2H3,(H,18,19). The maximum Gasteiger partial charge on any atom is 0.337 e. The van der Waals surface area contributed by atoms with Crippen molar-refractivity contribution >= 4 is 11.7 Å². The van der Waals surface area contributed by atoms with Crippen LogP contribution in [-0.2, 0) is 0 Å². The van der Waals surface area contributed by atoms with Gasteiger partial charge in [0.2, 0.25) is 0 Å². The Bertz CT molecular complexity index is 469. The SMILES string of the molecule is CC(C)CCN(c1ccc(F)cc1C(=O)O)C1CC1. The van der Waals surface area contributed by atoms with Crippen molar-refractivity contribution in [2.45, 2.75) is 39.2 Å². The fourth-order valence-corrected chi connectivity index (χ4v) is 2.21. The first kappa shape index (κ1) is 13.8. The van der Waals surface area contributed by atoms with Gasteiger partial charge in [0.05, 0.1) is 11.3 Å². The Morgan fingerprint density at radius 2 is 2.16 bits per heavy atom. The molecule has 0 heterocycles. The molecule has 1 aliphatic carbocycles. The van der Waals surface area contributed by atoms with Gasteiger partial charge in [0, 0.05) is 12.6 Å². The molecule has 4 heteroatoms. The topological polar surface area (TPSA) is 40.5 Å². The van der Waals surface area contributed by atoms with E-state index in [1.165, 1.54) is 6.07 Å². The molecule has 0 aliphatic heterocycles. The third-order valence-corrected chi connectivity index (χ3v) is 3.43. The third kappa shape index (κ3) is 3.46. The minimum atomic E-state index is -1.07. The van der Waals surface area contributed by atoms with Crippen LogP contribution in [-0.4, -0.2) is 23.7 Å². The van der Waals surface area contributed by atoms with Gasteiger partial charge in [-0.3, -0.25) is 0 Å². The van der Waals surface area contributed by atoms with E-state index in [9.17, 15) is 14.3 Å². The fraction of sp³-hybridized carbons (Fsp3) is 0.533. The lowest BCUT2D eigenvalue weighted by Crippen LogP contribution is -2.29. The van der Waals surface area contributed by atoms with Crippen molar-refractivity contribution in [3.63, 3.8) is 0 Å². The summed E-state index contributed by atoms with van der Waals surface area (Å²) in [5, 5.41) is 9.23. The van der Waals surface area contributed by atoms with Crippen LogP contribution in [0.4, 0.5) is 10.1 Å². The number of carbonyl (C=O) groups is 1. The largest absolute Gasteiger partial charge is 0.478 e. The zero-order valence-corrected chi connectivity index (χ0v) is 11.4. The second-order valence-electron chi connectivity index (χ2n) is 5.57. The maximum atomic E-state index is 13.2. The van der Waals surface area contributed by atoms with Gasteiger partial charge >= 0.3 is 5.97 Å². The lowest BCUT2D eigenvalue weighted by Gasteiger charge is -2.27. The van der Waals surface area contributed by atoms with Crippen LogP contribution in [0.5, 0.6) is 0 Å². The van der Waals surface area contributed by atoms with E-state index in [1.54, 1.807) is 6.07 Å². The number of aromatic carboxylic acids is 1. The number of rotatable bonds is 6. The Morgan fingerprint density at radius 1 is 1.47 bits per heavy atom. The van der Waals surface area contributed by atoms with Crippen molar-refractivity contribution in [3.05, 3.63) is 29.6 Å². The van der Waals surface area contributed by atoms with Crippen LogP contribution in [0.15, 0.2) is 18.2 Å². The quantitative estimate of drug-likeness (QED) is 0.855. The molecule has 1 N–H and O–H groups in total. The molecule has 104 valence electrons. The van der Waals surface area contributed by atoms with E-state index < -0.39 is 11.8 Å². The Kier molecular flexibility index (Phi) is 4.08. The lowest BCUT2D eigenvalue weighted by atomic mass is 10.1. The van der Waals surface area contributed by atoms with Gasteiger partial charge in [-0.25, -0.2) is 9.18 Å². The van der Waals surface area contributed by atoms with Crippen LogP contribution in [0.1, 0.15) is 43.5 Å². The van der Waals surface area contributed by atoms with E-state index in [0.29, 0.717) is 17.6 Å². The molecule has 0 saturated heterocycles. The van der Waals surface area contributed by atoms with Gasteiger partial charge in [-0.15, -0.1) is 0 Å². The number of nitrogens with zero attached hydrogens (tertiary/aromatic N) is 1. The summed E-state index contributed by atoms with van der Waals surface area (Å²) in [6.45, 7) is 5.12. The van der Waals surface area contributed by atoms with E-state index in [0.717, 1.165) is 31.9 Å². The van der Waals surface area contributed by atoms with E-state index in [1.807, 2.05) is 0 Å². The van der Waals surface area contributed by atoms with Crippen molar-refractivity contribution in [3.8, 4) is 0 Å². The molecule has 1 aromatic carbocycles. The van der Waals surface area contributed by atoms with Gasteiger partial charge in [-0.05, 0) is 43.4 Å². The number of carboxylic acids is 1. The summed E-state index contributed by atoms with van der Waals surface area (Å²) >= 11 is 0. The summed E-state index contributed by atoms with van der Waals surface area (Å²) in [6, 6.07) is 4.47. The normalized spacial score (nSPS) is 14.7. The summed E-state index contributed by atoms with van der Waals surface area (Å²) in [5.74, 6) is -1.000. The van der Waals surface area contributed by atoms with Crippen LogP contribution in [0.25, 0.3) is 0 Å². The molecule has 0 aromatic heterocycles. The molecule has 0 bridgehead atoms. The minimum absolute atomic E-state index is 0.0654. The van der Waals surface area contributed by atoms with Crippen molar-refractivity contribution in [1.29, 1.82) is 0 Å². The molecule has 0 amide bonds. The number of anilines is 1. The molecule has 1 saturated carbocycles. The Balaban J connectivity index is 2.28. The highest BCUT2D eigenvalue weighted by Crippen LogP contribution is 2.34. The lowest BCUT2D eigenvalue weighted by molar-refractivity contribution is 0.0697. The molecule has 1 aromatic rings. The van der Waals surface area contributed by atoms with Gasteiger partial charge < -0.3 is 10.0 Å². The van der Waals surface area contributed by atoms with Crippen molar-refractivity contribution in [2.75, 3.05) is 11.4 Å². The van der Waals surface area contributed by atoms with Crippen LogP contribution in [0.3, 0.4) is 0 Å². The number of benzene rings is 1. The summed E-state index contributed by atoms with van der Waals surface area (Å²) in [4.78, 5) is 13.4. The monoisotopic (exact) mass is 265 g/mol. The van der Waals surface area contributed by atoms with E-state index in [4.69, 9.17) is 0 Å². The van der Waals surface area contributed by atoms with Crippen molar-refractivity contribution in [2.24, 2.45) is 5.92 Å². The number of carboxylic acid groups (broad SMARTS) is 1. The number of hydrogen-bond donors (Lipinski definition) is 1. The zero-order chi connectivity index (χ0) is 14.0. The van der Waals surface area contributed by atoms with Gasteiger partial charge in [-0.2, -0.15) is 0 Å². The van der Waals surface area contributed by atoms with Crippen LogP contribution in [0, 0.1) is 11.7 Å². The smallest absolute Gasteiger partial charge is 0.337 e. The number of halogens is 1. The Hall–Kier alpha value is -1.58. The maximum absolute atomic E-state index is 13.2. The highest BCUT2D eigenvalue weighted by molar-refractivity contribution is 5.94. The second-order valence-corrected chi connectivity index (χ2v) is 5.57. The van der Waals surface area contributed by atoms with Crippen LogP contribution < -0.4 is 4.90 Å². The fourth-order valence-electron chi connectivity index (χ4n) is 2.21. The molecule has 19 heavy (non-hydrogen) atoms. The summed E-state index contributed by atoms with van der Waals surface area (Å²) in [5.41, 5.74) is 0.715. The van der Waals surface area contributed by atoms with E-state index >= 15 is 0 Å².